The number of amides is 1. The van der Waals surface area contributed by atoms with Crippen LogP contribution in [0.15, 0.2) is 5.38 Å². The van der Waals surface area contributed by atoms with Gasteiger partial charge in [-0.15, -0.1) is 11.3 Å². The molecule has 1 fully saturated rings. The number of carbonyl (C=O) groups excluding carboxylic acids is 2. The van der Waals surface area contributed by atoms with Gasteiger partial charge in [-0.3, -0.25) is 9.59 Å². The number of aryl methyl sites for hydroxylation is 1. The maximum absolute atomic E-state index is 12.5. The third-order valence-corrected chi connectivity index (χ3v) is 5.11. The van der Waals surface area contributed by atoms with Crippen LogP contribution in [0.2, 0.25) is 5.02 Å². The molecule has 0 spiro atoms. The second-order valence-corrected chi connectivity index (χ2v) is 6.16. The molecule has 0 unspecified atom stereocenters. The number of piperidine rings is 1. The van der Waals surface area contributed by atoms with Gasteiger partial charge in [-0.2, -0.15) is 0 Å². The maximum atomic E-state index is 12.5. The number of halogens is 1. The van der Waals surface area contributed by atoms with Crippen LogP contribution in [0.5, 0.6) is 0 Å². The summed E-state index contributed by atoms with van der Waals surface area (Å²) in [6.07, 6.45) is 1.59. The summed E-state index contributed by atoms with van der Waals surface area (Å²) in [4.78, 5) is 26.5. The van der Waals surface area contributed by atoms with Crippen molar-refractivity contribution in [2.75, 3.05) is 19.7 Å². The third kappa shape index (κ3) is 3.15. The second kappa shape index (κ2) is 6.59. The largest absolute Gasteiger partial charge is 0.466 e. The quantitative estimate of drug-likeness (QED) is 0.805. The van der Waals surface area contributed by atoms with Crippen molar-refractivity contribution in [2.45, 2.75) is 26.7 Å². The van der Waals surface area contributed by atoms with E-state index in [9.17, 15) is 9.59 Å². The van der Waals surface area contributed by atoms with E-state index in [1.54, 1.807) is 11.8 Å². The van der Waals surface area contributed by atoms with Crippen LogP contribution in [0.25, 0.3) is 0 Å². The maximum Gasteiger partial charge on any atom is 0.310 e. The molecule has 2 rings (SSSR count). The van der Waals surface area contributed by atoms with Crippen LogP contribution in [0.4, 0.5) is 0 Å². The Balaban J connectivity index is 2.07. The zero-order valence-electron chi connectivity index (χ0n) is 11.6. The lowest BCUT2D eigenvalue weighted by Crippen LogP contribution is -2.42. The molecule has 6 heteroatoms. The molecule has 0 aromatic carbocycles. The molecule has 4 nitrogen and oxygen atoms in total. The molecule has 110 valence electrons. The number of hydrogen-bond donors (Lipinski definition) is 0. The summed E-state index contributed by atoms with van der Waals surface area (Å²) in [7, 11) is 0. The van der Waals surface area contributed by atoms with Crippen molar-refractivity contribution < 1.29 is 14.3 Å². The number of hydrogen-bond acceptors (Lipinski definition) is 4. The van der Waals surface area contributed by atoms with E-state index in [-0.39, 0.29) is 17.8 Å². The van der Waals surface area contributed by atoms with Gasteiger partial charge in [0.25, 0.3) is 5.91 Å². The highest BCUT2D eigenvalue weighted by Crippen LogP contribution is 2.30. The standard InChI is InChI=1S/C14H18ClNO3S/c1-3-19-14(18)10-5-4-6-16(7-10)13(17)12-11(15)9(2)8-20-12/h8,10H,3-7H2,1-2H3/t10-/m0/s1. The summed E-state index contributed by atoms with van der Waals surface area (Å²) < 4.78 is 5.04. The molecule has 1 atom stereocenters. The van der Waals surface area contributed by atoms with Crippen LogP contribution in [0, 0.1) is 12.8 Å². The minimum absolute atomic E-state index is 0.0814. The zero-order chi connectivity index (χ0) is 14.7. The van der Waals surface area contributed by atoms with Gasteiger partial charge >= 0.3 is 5.97 Å². The molecule has 1 aromatic heterocycles. The highest BCUT2D eigenvalue weighted by Gasteiger charge is 2.31. The average molecular weight is 316 g/mol. The normalized spacial score (nSPS) is 18.9. The van der Waals surface area contributed by atoms with Crippen LogP contribution >= 0.6 is 22.9 Å². The highest BCUT2D eigenvalue weighted by molar-refractivity contribution is 7.13. The molecule has 1 aliphatic heterocycles. The van der Waals surface area contributed by atoms with Crippen molar-refractivity contribution in [2.24, 2.45) is 5.92 Å². The molecular weight excluding hydrogens is 298 g/mol. The van der Waals surface area contributed by atoms with Crippen molar-refractivity contribution in [3.05, 3.63) is 20.8 Å². The van der Waals surface area contributed by atoms with E-state index < -0.39 is 0 Å². The molecule has 1 saturated heterocycles. The Morgan fingerprint density at radius 1 is 1.55 bits per heavy atom. The van der Waals surface area contributed by atoms with Crippen molar-refractivity contribution in [1.82, 2.24) is 4.90 Å². The summed E-state index contributed by atoms with van der Waals surface area (Å²) >= 11 is 7.50. The molecule has 1 aliphatic rings. The minimum atomic E-state index is -0.215. The van der Waals surface area contributed by atoms with Gasteiger partial charge in [-0.05, 0) is 37.6 Å². The topological polar surface area (TPSA) is 46.6 Å². The Morgan fingerprint density at radius 3 is 2.90 bits per heavy atom. The van der Waals surface area contributed by atoms with E-state index in [4.69, 9.17) is 16.3 Å². The number of ether oxygens (including phenoxy) is 1. The number of thiophene rings is 1. The summed E-state index contributed by atoms with van der Waals surface area (Å²) in [6.45, 7) is 5.14. The van der Waals surface area contributed by atoms with Crippen molar-refractivity contribution in [3.63, 3.8) is 0 Å². The smallest absolute Gasteiger partial charge is 0.310 e. The van der Waals surface area contributed by atoms with Gasteiger partial charge < -0.3 is 9.64 Å². The van der Waals surface area contributed by atoms with E-state index in [2.05, 4.69) is 0 Å². The van der Waals surface area contributed by atoms with Crippen LogP contribution in [0.1, 0.15) is 35.0 Å². The fourth-order valence-electron chi connectivity index (χ4n) is 2.33. The molecule has 0 bridgehead atoms. The van der Waals surface area contributed by atoms with E-state index in [1.807, 2.05) is 12.3 Å². The molecular formula is C14H18ClNO3S. The lowest BCUT2D eigenvalue weighted by atomic mass is 9.98. The average Bonchev–Trinajstić information content (AvgIpc) is 2.79. The van der Waals surface area contributed by atoms with Crippen LogP contribution in [-0.2, 0) is 9.53 Å². The summed E-state index contributed by atoms with van der Waals surface area (Å²) in [5.74, 6) is -0.506. The Morgan fingerprint density at radius 2 is 2.30 bits per heavy atom. The summed E-state index contributed by atoms with van der Waals surface area (Å²) in [6, 6.07) is 0. The number of rotatable bonds is 3. The molecule has 0 N–H and O–H groups in total. The van der Waals surface area contributed by atoms with E-state index in [1.165, 1.54) is 11.3 Å². The Kier molecular flexibility index (Phi) is 5.05. The highest BCUT2D eigenvalue weighted by atomic mass is 35.5. The first-order valence-electron chi connectivity index (χ1n) is 6.74. The van der Waals surface area contributed by atoms with Gasteiger partial charge in [0, 0.05) is 13.1 Å². The Bertz CT molecular complexity index is 515. The monoisotopic (exact) mass is 315 g/mol. The van der Waals surface area contributed by atoms with E-state index >= 15 is 0 Å². The number of esters is 1. The lowest BCUT2D eigenvalue weighted by molar-refractivity contribution is -0.149. The minimum Gasteiger partial charge on any atom is -0.466 e. The summed E-state index contributed by atoms with van der Waals surface area (Å²) in [5.41, 5.74) is 0.916. The predicted octanol–water partition coefficient (Wildman–Crippen LogP) is 3.13. The van der Waals surface area contributed by atoms with Crippen LogP contribution < -0.4 is 0 Å². The SMILES string of the molecule is CCOC(=O)[C@H]1CCCN(C(=O)c2scc(C)c2Cl)C1. The molecule has 0 aliphatic carbocycles. The van der Waals surface area contributed by atoms with Gasteiger partial charge in [0.15, 0.2) is 0 Å². The van der Waals surface area contributed by atoms with Gasteiger partial charge in [-0.1, -0.05) is 11.6 Å². The van der Waals surface area contributed by atoms with Gasteiger partial charge in [0.2, 0.25) is 0 Å². The van der Waals surface area contributed by atoms with Crippen molar-refractivity contribution in [1.29, 1.82) is 0 Å². The molecule has 1 amide bonds. The Labute approximate surface area is 127 Å². The van der Waals surface area contributed by atoms with Crippen molar-refractivity contribution in [3.8, 4) is 0 Å². The van der Waals surface area contributed by atoms with Gasteiger partial charge in [0.1, 0.15) is 4.88 Å². The summed E-state index contributed by atoms with van der Waals surface area (Å²) in [5, 5.41) is 2.40. The molecule has 2 heterocycles. The number of carbonyl (C=O) groups is 2. The molecule has 0 saturated carbocycles. The first-order chi connectivity index (χ1) is 9.54. The number of nitrogens with zero attached hydrogens (tertiary/aromatic N) is 1. The lowest BCUT2D eigenvalue weighted by Gasteiger charge is -2.31. The third-order valence-electron chi connectivity index (χ3n) is 3.42. The van der Waals surface area contributed by atoms with Gasteiger partial charge in [-0.25, -0.2) is 0 Å². The van der Waals surface area contributed by atoms with Crippen molar-refractivity contribution >= 4 is 34.8 Å². The van der Waals surface area contributed by atoms with Crippen LogP contribution in [0.3, 0.4) is 0 Å². The zero-order valence-corrected chi connectivity index (χ0v) is 13.2. The fraction of sp³-hybridized carbons (Fsp3) is 0.571. The predicted molar refractivity (Wildman–Crippen MR) is 79.3 cm³/mol. The fourth-order valence-corrected chi connectivity index (χ4v) is 3.57. The molecule has 20 heavy (non-hydrogen) atoms. The second-order valence-electron chi connectivity index (χ2n) is 4.90. The molecule has 0 radical (unpaired) electrons. The van der Waals surface area contributed by atoms with E-state index in [0.717, 1.165) is 18.4 Å². The molecule has 1 aromatic rings. The van der Waals surface area contributed by atoms with E-state index in [0.29, 0.717) is 29.6 Å². The Hall–Kier alpha value is -1.07. The first-order valence-corrected chi connectivity index (χ1v) is 7.99. The van der Waals surface area contributed by atoms with Gasteiger partial charge in [0.05, 0.1) is 17.5 Å². The van der Waals surface area contributed by atoms with Crippen LogP contribution in [-0.4, -0.2) is 36.5 Å². The number of likely N-dealkylation sites (tertiary alicyclic amines) is 1. The first kappa shape index (κ1) is 15.3.